The van der Waals surface area contributed by atoms with E-state index in [0.29, 0.717) is 6.54 Å². The van der Waals surface area contributed by atoms with Crippen molar-refractivity contribution in [3.05, 3.63) is 33.9 Å². The van der Waals surface area contributed by atoms with Crippen LogP contribution in [0.5, 0.6) is 5.75 Å². The minimum atomic E-state index is -0.594. The van der Waals surface area contributed by atoms with E-state index in [1.54, 1.807) is 6.92 Å². The molecular formula is C17H24N2O6. The van der Waals surface area contributed by atoms with Crippen molar-refractivity contribution in [2.75, 3.05) is 27.3 Å². The van der Waals surface area contributed by atoms with E-state index < -0.39 is 16.8 Å². The molecule has 1 unspecified atom stereocenters. The molecule has 0 aromatic heterocycles. The van der Waals surface area contributed by atoms with Gasteiger partial charge in [0, 0.05) is 24.7 Å². The smallest absolute Gasteiger partial charge is 0.311 e. The van der Waals surface area contributed by atoms with E-state index in [4.69, 9.17) is 9.47 Å². The topological polar surface area (TPSA) is 99.0 Å². The number of ether oxygens (including phenoxy) is 2. The lowest BCUT2D eigenvalue weighted by Gasteiger charge is -2.25. The van der Waals surface area contributed by atoms with Gasteiger partial charge >= 0.3 is 11.7 Å². The molecule has 0 N–H and O–H groups in total. The number of benzene rings is 1. The molecular weight excluding hydrogens is 328 g/mol. The average Bonchev–Trinajstić information content (AvgIpc) is 2.62. The Morgan fingerprint density at radius 1 is 1.32 bits per heavy atom. The van der Waals surface area contributed by atoms with E-state index in [9.17, 15) is 19.7 Å². The molecule has 0 saturated heterocycles. The molecule has 0 bridgehead atoms. The summed E-state index contributed by atoms with van der Waals surface area (Å²) in [5.41, 5.74) is -0.0922. The third kappa shape index (κ3) is 5.44. The zero-order valence-electron chi connectivity index (χ0n) is 15.0. The van der Waals surface area contributed by atoms with Gasteiger partial charge in [0.1, 0.15) is 0 Å². The van der Waals surface area contributed by atoms with Gasteiger partial charge < -0.3 is 14.4 Å². The molecule has 0 saturated carbocycles. The molecule has 1 aromatic rings. The van der Waals surface area contributed by atoms with Crippen molar-refractivity contribution in [2.24, 2.45) is 5.92 Å². The van der Waals surface area contributed by atoms with Gasteiger partial charge in [0.25, 0.3) is 5.91 Å². The van der Waals surface area contributed by atoms with Crippen LogP contribution in [0.4, 0.5) is 5.69 Å². The number of amides is 1. The van der Waals surface area contributed by atoms with Gasteiger partial charge in [-0.25, -0.2) is 0 Å². The van der Waals surface area contributed by atoms with Crippen LogP contribution in [0.15, 0.2) is 18.2 Å². The van der Waals surface area contributed by atoms with E-state index in [2.05, 4.69) is 0 Å². The monoisotopic (exact) mass is 352 g/mol. The summed E-state index contributed by atoms with van der Waals surface area (Å²) in [5.74, 6) is -1.17. The molecule has 25 heavy (non-hydrogen) atoms. The molecule has 0 aliphatic rings. The van der Waals surface area contributed by atoms with Crippen molar-refractivity contribution in [2.45, 2.75) is 26.7 Å². The first-order valence-corrected chi connectivity index (χ1v) is 8.05. The fraction of sp³-hybridized carbons (Fsp3) is 0.529. The Morgan fingerprint density at radius 2 is 2.00 bits per heavy atom. The van der Waals surface area contributed by atoms with Crippen LogP contribution in [0.3, 0.4) is 0 Å². The van der Waals surface area contributed by atoms with Crippen LogP contribution in [-0.2, 0) is 9.53 Å². The third-order valence-corrected chi connectivity index (χ3v) is 3.79. The molecule has 1 rings (SSSR count). The van der Waals surface area contributed by atoms with E-state index in [0.717, 1.165) is 12.8 Å². The van der Waals surface area contributed by atoms with Crippen molar-refractivity contribution in [1.29, 1.82) is 0 Å². The first-order chi connectivity index (χ1) is 11.8. The number of carbonyl (C=O) groups excluding carboxylic acids is 2. The number of unbranched alkanes of at least 4 members (excludes halogenated alkanes) is 1. The summed E-state index contributed by atoms with van der Waals surface area (Å²) in [7, 11) is 2.62. The predicted octanol–water partition coefficient (Wildman–Crippen LogP) is 2.65. The lowest BCUT2D eigenvalue weighted by molar-refractivity contribution is -0.385. The summed E-state index contributed by atoms with van der Waals surface area (Å²) in [6.07, 6.45) is 1.64. The predicted molar refractivity (Wildman–Crippen MR) is 91.6 cm³/mol. The number of esters is 1. The Balaban J connectivity index is 3.09. The maximum Gasteiger partial charge on any atom is 0.311 e. The molecule has 0 aliphatic heterocycles. The van der Waals surface area contributed by atoms with Gasteiger partial charge in [-0.3, -0.25) is 19.7 Å². The van der Waals surface area contributed by atoms with Crippen LogP contribution in [0, 0.1) is 16.0 Å². The van der Waals surface area contributed by atoms with Gasteiger partial charge in [-0.2, -0.15) is 0 Å². The summed E-state index contributed by atoms with van der Waals surface area (Å²) in [4.78, 5) is 36.5. The maximum atomic E-state index is 12.8. The lowest BCUT2D eigenvalue weighted by atomic mass is 10.1. The van der Waals surface area contributed by atoms with Crippen molar-refractivity contribution in [3.8, 4) is 5.75 Å². The Bertz CT molecular complexity index is 632. The zero-order valence-corrected chi connectivity index (χ0v) is 15.0. The summed E-state index contributed by atoms with van der Waals surface area (Å²) in [5, 5.41) is 11.1. The average molecular weight is 352 g/mol. The number of carbonyl (C=O) groups is 2. The summed E-state index contributed by atoms with van der Waals surface area (Å²) in [6.45, 7) is 4.31. The van der Waals surface area contributed by atoms with E-state index in [1.807, 2.05) is 6.92 Å². The quantitative estimate of drug-likeness (QED) is 0.385. The first-order valence-electron chi connectivity index (χ1n) is 8.05. The van der Waals surface area contributed by atoms with Gasteiger partial charge in [-0.05, 0) is 18.6 Å². The number of nitrogens with zero attached hydrogens (tertiary/aromatic N) is 2. The molecule has 0 spiro atoms. The fourth-order valence-corrected chi connectivity index (χ4v) is 2.38. The molecule has 0 aliphatic carbocycles. The number of nitro groups is 1. The van der Waals surface area contributed by atoms with Gasteiger partial charge in [-0.1, -0.05) is 20.3 Å². The minimum Gasteiger partial charge on any atom is -0.490 e. The number of hydrogen-bond donors (Lipinski definition) is 0. The second-order valence-corrected chi connectivity index (χ2v) is 5.67. The standard InChI is InChI=1S/C17H24N2O6/c1-5-6-9-18(11-12(2)17(21)25-4)16(20)13-7-8-15(24-3)14(10-13)19(22)23/h7-8,10,12H,5-6,9,11H2,1-4H3. The number of nitro benzene ring substituents is 1. The molecule has 8 nitrogen and oxygen atoms in total. The second kappa shape index (κ2) is 9.61. The van der Waals surface area contributed by atoms with Crippen molar-refractivity contribution in [3.63, 3.8) is 0 Å². The maximum absolute atomic E-state index is 12.8. The van der Waals surface area contributed by atoms with Crippen LogP contribution in [0.1, 0.15) is 37.0 Å². The van der Waals surface area contributed by atoms with Gasteiger partial charge in [0.05, 0.1) is 25.1 Å². The van der Waals surface area contributed by atoms with Crippen LogP contribution in [0.25, 0.3) is 0 Å². The zero-order chi connectivity index (χ0) is 19.0. The van der Waals surface area contributed by atoms with E-state index >= 15 is 0 Å². The highest BCUT2D eigenvalue weighted by Gasteiger charge is 2.24. The number of rotatable bonds is 9. The highest BCUT2D eigenvalue weighted by molar-refractivity contribution is 5.95. The molecule has 1 atom stereocenters. The van der Waals surface area contributed by atoms with Crippen LogP contribution >= 0.6 is 0 Å². The van der Waals surface area contributed by atoms with E-state index in [-0.39, 0.29) is 29.5 Å². The SMILES string of the molecule is CCCCN(CC(C)C(=O)OC)C(=O)c1ccc(OC)c([N+](=O)[O-])c1. The summed E-state index contributed by atoms with van der Waals surface area (Å²) in [6, 6.07) is 4.08. The summed E-state index contributed by atoms with van der Waals surface area (Å²) >= 11 is 0. The molecule has 0 heterocycles. The highest BCUT2D eigenvalue weighted by atomic mass is 16.6. The largest absolute Gasteiger partial charge is 0.490 e. The lowest BCUT2D eigenvalue weighted by Crippen LogP contribution is -2.38. The molecule has 8 heteroatoms. The normalized spacial score (nSPS) is 11.5. The molecule has 0 radical (unpaired) electrons. The Morgan fingerprint density at radius 3 is 2.52 bits per heavy atom. The van der Waals surface area contributed by atoms with Crippen molar-refractivity contribution < 1.29 is 24.0 Å². The third-order valence-electron chi connectivity index (χ3n) is 3.79. The van der Waals surface area contributed by atoms with Crippen LogP contribution in [0.2, 0.25) is 0 Å². The minimum absolute atomic E-state index is 0.0876. The highest BCUT2D eigenvalue weighted by Crippen LogP contribution is 2.28. The molecule has 1 amide bonds. The summed E-state index contributed by atoms with van der Waals surface area (Å²) < 4.78 is 9.65. The molecule has 1 aromatic carbocycles. The van der Waals surface area contributed by atoms with Gasteiger partial charge in [-0.15, -0.1) is 0 Å². The van der Waals surface area contributed by atoms with Crippen molar-refractivity contribution in [1.82, 2.24) is 4.90 Å². The van der Waals surface area contributed by atoms with Gasteiger partial charge in [0.15, 0.2) is 5.75 Å². The van der Waals surface area contributed by atoms with Crippen molar-refractivity contribution >= 4 is 17.6 Å². The fourth-order valence-electron chi connectivity index (χ4n) is 2.38. The van der Waals surface area contributed by atoms with Crippen LogP contribution < -0.4 is 4.74 Å². The Hall–Kier alpha value is -2.64. The molecule has 138 valence electrons. The van der Waals surface area contributed by atoms with E-state index in [1.165, 1.54) is 37.3 Å². The Kier molecular flexibility index (Phi) is 7.84. The molecule has 0 fully saturated rings. The second-order valence-electron chi connectivity index (χ2n) is 5.67. The number of hydrogen-bond acceptors (Lipinski definition) is 6. The van der Waals surface area contributed by atoms with Crippen LogP contribution in [-0.4, -0.2) is 49.0 Å². The first kappa shape index (κ1) is 20.4. The van der Waals surface area contributed by atoms with Gasteiger partial charge in [0.2, 0.25) is 0 Å². The Labute approximate surface area is 146 Å². The number of methoxy groups -OCH3 is 2.